The molecular formula is C16H24Cl2N2O2. The number of carbonyl (C=O) groups is 1. The summed E-state index contributed by atoms with van der Waals surface area (Å²) in [6.07, 6.45) is -0.427. The van der Waals surface area contributed by atoms with E-state index in [-0.39, 0.29) is 0 Å². The van der Waals surface area contributed by atoms with E-state index >= 15 is 0 Å². The molecule has 22 heavy (non-hydrogen) atoms. The zero-order valence-electron chi connectivity index (χ0n) is 13.7. The third kappa shape index (κ3) is 7.34. The molecule has 1 rings (SSSR count). The van der Waals surface area contributed by atoms with Crippen molar-refractivity contribution in [3.63, 3.8) is 0 Å². The van der Waals surface area contributed by atoms with E-state index in [1.807, 2.05) is 40.7 Å². The molecule has 1 aromatic carbocycles. The van der Waals surface area contributed by atoms with Gasteiger partial charge < -0.3 is 15.4 Å². The van der Waals surface area contributed by atoms with Gasteiger partial charge in [-0.05, 0) is 52.3 Å². The second-order valence-electron chi connectivity index (χ2n) is 6.85. The summed E-state index contributed by atoms with van der Waals surface area (Å²) in [5.74, 6) is 0. The van der Waals surface area contributed by atoms with Crippen molar-refractivity contribution >= 4 is 29.3 Å². The fraction of sp³-hybridized carbons (Fsp3) is 0.562. The molecule has 0 aliphatic carbocycles. The molecule has 0 aromatic heterocycles. The molecule has 0 saturated carbocycles. The highest BCUT2D eigenvalue weighted by molar-refractivity contribution is 6.35. The topological polar surface area (TPSA) is 50.4 Å². The van der Waals surface area contributed by atoms with Gasteiger partial charge in [-0.3, -0.25) is 0 Å². The predicted octanol–water partition coefficient (Wildman–Crippen LogP) is 4.39. The Morgan fingerprint density at radius 3 is 2.36 bits per heavy atom. The van der Waals surface area contributed by atoms with E-state index in [9.17, 15) is 4.79 Å². The quantitative estimate of drug-likeness (QED) is 0.831. The normalized spacial score (nSPS) is 12.1. The highest BCUT2D eigenvalue weighted by Gasteiger charge is 2.24. The van der Waals surface area contributed by atoms with Gasteiger partial charge in [-0.1, -0.05) is 29.3 Å². The Morgan fingerprint density at radius 1 is 1.18 bits per heavy atom. The van der Waals surface area contributed by atoms with Crippen LogP contribution in [0.3, 0.4) is 0 Å². The molecule has 0 heterocycles. The molecule has 1 aromatic rings. The molecule has 0 saturated heterocycles. The summed E-state index contributed by atoms with van der Waals surface area (Å²) in [6, 6.07) is 5.39. The van der Waals surface area contributed by atoms with Crippen molar-refractivity contribution in [1.29, 1.82) is 0 Å². The maximum atomic E-state index is 11.8. The summed E-state index contributed by atoms with van der Waals surface area (Å²) >= 11 is 12.0. The number of carbonyl (C=O) groups excluding carboxylic acids is 1. The molecule has 1 amide bonds. The summed E-state index contributed by atoms with van der Waals surface area (Å²) in [5.41, 5.74) is 0.00481. The Labute approximate surface area is 142 Å². The Balaban J connectivity index is 2.47. The number of halogens is 2. The lowest BCUT2D eigenvalue weighted by Gasteiger charge is -2.29. The molecule has 124 valence electrons. The minimum absolute atomic E-state index is 0.427. The highest BCUT2D eigenvalue weighted by Crippen LogP contribution is 2.20. The first-order valence-corrected chi connectivity index (χ1v) is 7.90. The fourth-order valence-electron chi connectivity index (χ4n) is 1.80. The Bertz CT molecular complexity index is 525. The van der Waals surface area contributed by atoms with Gasteiger partial charge in [0, 0.05) is 23.1 Å². The summed E-state index contributed by atoms with van der Waals surface area (Å²) in [4.78, 5) is 11.8. The average molecular weight is 347 g/mol. The third-order valence-corrected chi connectivity index (χ3v) is 3.32. The lowest BCUT2D eigenvalue weighted by Crippen LogP contribution is -2.51. The standard InChI is InChI=1S/C16H24Cl2N2O2/c1-15(2,3)22-14(21)20-16(4,5)10-19-9-11-6-7-12(17)8-13(11)18/h6-8,19H,9-10H2,1-5H3,(H,20,21). The van der Waals surface area contributed by atoms with Gasteiger partial charge in [0.1, 0.15) is 5.60 Å². The first-order chi connectivity index (χ1) is 9.98. The van der Waals surface area contributed by atoms with Gasteiger partial charge >= 0.3 is 6.09 Å². The summed E-state index contributed by atoms with van der Waals surface area (Å²) in [6.45, 7) is 10.5. The molecule has 2 N–H and O–H groups in total. The molecule has 0 bridgehead atoms. The summed E-state index contributed by atoms with van der Waals surface area (Å²) < 4.78 is 5.26. The van der Waals surface area contributed by atoms with Crippen LogP contribution in [0.5, 0.6) is 0 Å². The second kappa shape index (κ2) is 7.53. The van der Waals surface area contributed by atoms with Crippen LogP contribution in [0.1, 0.15) is 40.2 Å². The SMILES string of the molecule is CC(C)(CNCc1ccc(Cl)cc1Cl)NC(=O)OC(C)(C)C. The van der Waals surface area contributed by atoms with Crippen LogP contribution in [0.4, 0.5) is 4.79 Å². The first-order valence-electron chi connectivity index (χ1n) is 7.14. The van der Waals surface area contributed by atoms with Crippen LogP contribution in [0.15, 0.2) is 18.2 Å². The zero-order valence-corrected chi connectivity index (χ0v) is 15.2. The maximum absolute atomic E-state index is 11.8. The van der Waals surface area contributed by atoms with Gasteiger partial charge in [0.15, 0.2) is 0 Å². The van der Waals surface area contributed by atoms with Crippen LogP contribution in [0.2, 0.25) is 10.0 Å². The lowest BCUT2D eigenvalue weighted by atomic mass is 10.1. The van der Waals surface area contributed by atoms with Gasteiger partial charge in [-0.25, -0.2) is 4.79 Å². The highest BCUT2D eigenvalue weighted by atomic mass is 35.5. The van der Waals surface area contributed by atoms with Crippen LogP contribution in [-0.2, 0) is 11.3 Å². The minimum Gasteiger partial charge on any atom is -0.444 e. The lowest BCUT2D eigenvalue weighted by molar-refractivity contribution is 0.0472. The number of benzene rings is 1. The minimum atomic E-state index is -0.509. The van der Waals surface area contributed by atoms with Gasteiger partial charge in [0.25, 0.3) is 0 Å². The van der Waals surface area contributed by atoms with Gasteiger partial charge in [0.05, 0.1) is 5.54 Å². The number of nitrogens with one attached hydrogen (secondary N) is 2. The largest absolute Gasteiger partial charge is 0.444 e. The third-order valence-electron chi connectivity index (χ3n) is 2.74. The molecule has 6 heteroatoms. The molecular weight excluding hydrogens is 323 g/mol. The van der Waals surface area contributed by atoms with Crippen molar-refractivity contribution in [1.82, 2.24) is 10.6 Å². The molecule has 0 radical (unpaired) electrons. The van der Waals surface area contributed by atoms with Crippen LogP contribution < -0.4 is 10.6 Å². The van der Waals surface area contributed by atoms with Gasteiger partial charge in [-0.2, -0.15) is 0 Å². The zero-order chi connectivity index (χ0) is 17.0. The molecule has 0 spiro atoms. The summed E-state index contributed by atoms with van der Waals surface area (Å²) in [7, 11) is 0. The predicted molar refractivity (Wildman–Crippen MR) is 91.6 cm³/mol. The number of amides is 1. The van der Waals surface area contributed by atoms with E-state index in [1.54, 1.807) is 12.1 Å². The van der Waals surface area contributed by atoms with Crippen LogP contribution in [0, 0.1) is 0 Å². The van der Waals surface area contributed by atoms with E-state index in [0.717, 1.165) is 5.56 Å². The molecule has 4 nitrogen and oxygen atoms in total. The van der Waals surface area contributed by atoms with Crippen LogP contribution in [-0.4, -0.2) is 23.8 Å². The first kappa shape index (κ1) is 19.1. The molecule has 0 aliphatic rings. The van der Waals surface area contributed by atoms with Crippen molar-refractivity contribution < 1.29 is 9.53 Å². The molecule has 0 unspecified atom stereocenters. The van der Waals surface area contributed by atoms with E-state index < -0.39 is 17.2 Å². The second-order valence-corrected chi connectivity index (χ2v) is 7.69. The van der Waals surface area contributed by atoms with Gasteiger partial charge in [0.2, 0.25) is 0 Å². The number of alkyl carbamates (subject to hydrolysis) is 1. The fourth-order valence-corrected chi connectivity index (χ4v) is 2.27. The van der Waals surface area contributed by atoms with Crippen molar-refractivity contribution in [3.8, 4) is 0 Å². The van der Waals surface area contributed by atoms with Crippen LogP contribution >= 0.6 is 23.2 Å². The van der Waals surface area contributed by atoms with Crippen molar-refractivity contribution in [2.75, 3.05) is 6.54 Å². The van der Waals surface area contributed by atoms with E-state index in [1.165, 1.54) is 0 Å². The molecule has 0 fully saturated rings. The van der Waals surface area contributed by atoms with Crippen molar-refractivity contribution in [2.45, 2.75) is 52.3 Å². The monoisotopic (exact) mass is 346 g/mol. The van der Waals surface area contributed by atoms with Crippen LogP contribution in [0.25, 0.3) is 0 Å². The number of hydrogen-bond donors (Lipinski definition) is 2. The van der Waals surface area contributed by atoms with E-state index in [4.69, 9.17) is 27.9 Å². The average Bonchev–Trinajstić information content (AvgIpc) is 2.28. The summed E-state index contributed by atoms with van der Waals surface area (Å²) in [5, 5.41) is 7.35. The van der Waals surface area contributed by atoms with Gasteiger partial charge in [-0.15, -0.1) is 0 Å². The Hall–Kier alpha value is -0.970. The Morgan fingerprint density at radius 2 is 1.82 bits per heavy atom. The van der Waals surface area contributed by atoms with Crippen molar-refractivity contribution in [3.05, 3.63) is 33.8 Å². The van der Waals surface area contributed by atoms with E-state index in [0.29, 0.717) is 23.1 Å². The Kier molecular flexibility index (Phi) is 6.53. The van der Waals surface area contributed by atoms with E-state index in [2.05, 4.69) is 10.6 Å². The molecule has 0 aliphatic heterocycles. The number of ether oxygens (including phenoxy) is 1. The smallest absolute Gasteiger partial charge is 0.408 e. The molecule has 0 atom stereocenters. The maximum Gasteiger partial charge on any atom is 0.408 e. The number of hydrogen-bond acceptors (Lipinski definition) is 3. The van der Waals surface area contributed by atoms with Crippen molar-refractivity contribution in [2.24, 2.45) is 0 Å². The number of rotatable bonds is 5.